The van der Waals surface area contributed by atoms with E-state index in [4.69, 9.17) is 17.2 Å². The zero-order valence-electron chi connectivity index (χ0n) is 12.7. The van der Waals surface area contributed by atoms with Gasteiger partial charge in [-0.05, 0) is 64.7 Å². The van der Waals surface area contributed by atoms with E-state index in [2.05, 4.69) is 10.6 Å². The van der Waals surface area contributed by atoms with E-state index >= 15 is 0 Å². The third-order valence-corrected chi connectivity index (χ3v) is 3.19. The SMILES string of the molecule is NCCCCNCCCCNC(=O)[C@@H](N)CCCCN. The summed E-state index contributed by atoms with van der Waals surface area (Å²) in [6.07, 6.45) is 6.80. The van der Waals surface area contributed by atoms with Gasteiger partial charge in [0.15, 0.2) is 0 Å². The van der Waals surface area contributed by atoms with E-state index in [1.807, 2.05) is 0 Å². The van der Waals surface area contributed by atoms with Crippen LogP contribution >= 0.6 is 0 Å². The van der Waals surface area contributed by atoms with Gasteiger partial charge in [0.25, 0.3) is 0 Å². The molecular formula is C14H33N5O. The lowest BCUT2D eigenvalue weighted by Gasteiger charge is -2.12. The van der Waals surface area contributed by atoms with Gasteiger partial charge in [0.05, 0.1) is 6.04 Å². The fourth-order valence-electron chi connectivity index (χ4n) is 1.88. The Kier molecular flexibility index (Phi) is 14.2. The van der Waals surface area contributed by atoms with Crippen LogP contribution in [0.25, 0.3) is 0 Å². The number of nitrogens with two attached hydrogens (primary N) is 3. The largest absolute Gasteiger partial charge is 0.355 e. The van der Waals surface area contributed by atoms with Crippen LogP contribution in [0.15, 0.2) is 0 Å². The first-order chi connectivity index (χ1) is 9.72. The molecule has 0 aromatic heterocycles. The topological polar surface area (TPSA) is 119 Å². The Morgan fingerprint density at radius 1 is 0.850 bits per heavy atom. The van der Waals surface area contributed by atoms with Gasteiger partial charge in [-0.3, -0.25) is 4.79 Å². The summed E-state index contributed by atoms with van der Waals surface area (Å²) in [6, 6.07) is -0.393. The van der Waals surface area contributed by atoms with E-state index in [0.29, 0.717) is 19.5 Å². The van der Waals surface area contributed by atoms with Crippen LogP contribution in [0, 0.1) is 0 Å². The van der Waals surface area contributed by atoms with Crippen molar-refractivity contribution in [1.29, 1.82) is 0 Å². The van der Waals surface area contributed by atoms with Crippen molar-refractivity contribution in [1.82, 2.24) is 10.6 Å². The summed E-state index contributed by atoms with van der Waals surface area (Å²) in [7, 11) is 0. The number of rotatable bonds is 14. The summed E-state index contributed by atoms with van der Waals surface area (Å²) in [5.41, 5.74) is 16.6. The predicted octanol–water partition coefficient (Wildman–Crippen LogP) is -0.332. The minimum absolute atomic E-state index is 0.0436. The van der Waals surface area contributed by atoms with E-state index < -0.39 is 6.04 Å². The van der Waals surface area contributed by atoms with Gasteiger partial charge in [-0.2, -0.15) is 0 Å². The Morgan fingerprint density at radius 2 is 1.40 bits per heavy atom. The third kappa shape index (κ3) is 12.3. The summed E-state index contributed by atoms with van der Waals surface area (Å²) in [4.78, 5) is 11.6. The van der Waals surface area contributed by atoms with Crippen LogP contribution in [-0.4, -0.2) is 44.7 Å². The zero-order valence-corrected chi connectivity index (χ0v) is 12.7. The highest BCUT2D eigenvalue weighted by Crippen LogP contribution is 1.98. The highest BCUT2D eigenvalue weighted by Gasteiger charge is 2.11. The molecule has 0 heterocycles. The van der Waals surface area contributed by atoms with Gasteiger partial charge in [0.1, 0.15) is 0 Å². The molecule has 0 aromatic carbocycles. The summed E-state index contributed by atoms with van der Waals surface area (Å²) < 4.78 is 0. The molecule has 1 amide bonds. The number of amides is 1. The molecule has 0 fully saturated rings. The summed E-state index contributed by atoms with van der Waals surface area (Å²) in [5.74, 6) is -0.0436. The maximum Gasteiger partial charge on any atom is 0.236 e. The second-order valence-electron chi connectivity index (χ2n) is 5.13. The average Bonchev–Trinajstić information content (AvgIpc) is 2.45. The average molecular weight is 287 g/mol. The number of nitrogens with one attached hydrogen (secondary N) is 2. The smallest absolute Gasteiger partial charge is 0.236 e. The Morgan fingerprint density at radius 3 is 2.05 bits per heavy atom. The minimum Gasteiger partial charge on any atom is -0.355 e. The first-order valence-electron chi connectivity index (χ1n) is 7.86. The van der Waals surface area contributed by atoms with Gasteiger partial charge >= 0.3 is 0 Å². The molecule has 6 heteroatoms. The first kappa shape index (κ1) is 19.3. The van der Waals surface area contributed by atoms with Crippen molar-refractivity contribution in [3.05, 3.63) is 0 Å². The molecule has 0 saturated heterocycles. The summed E-state index contributed by atoms with van der Waals surface area (Å²) in [6.45, 7) is 4.14. The molecule has 0 spiro atoms. The molecule has 1 atom stereocenters. The van der Waals surface area contributed by atoms with Crippen LogP contribution in [0.3, 0.4) is 0 Å². The van der Waals surface area contributed by atoms with Crippen molar-refractivity contribution < 1.29 is 4.79 Å². The first-order valence-corrected chi connectivity index (χ1v) is 7.86. The second kappa shape index (κ2) is 14.7. The Hall–Kier alpha value is -0.690. The van der Waals surface area contributed by atoms with E-state index in [9.17, 15) is 4.79 Å². The van der Waals surface area contributed by atoms with Crippen LogP contribution in [0.5, 0.6) is 0 Å². The van der Waals surface area contributed by atoms with Gasteiger partial charge in [0, 0.05) is 6.54 Å². The molecule has 20 heavy (non-hydrogen) atoms. The van der Waals surface area contributed by atoms with Crippen LogP contribution < -0.4 is 27.8 Å². The van der Waals surface area contributed by atoms with E-state index in [1.165, 1.54) is 0 Å². The molecule has 8 N–H and O–H groups in total. The molecule has 0 aliphatic heterocycles. The highest BCUT2D eigenvalue weighted by molar-refractivity contribution is 5.81. The lowest BCUT2D eigenvalue weighted by molar-refractivity contribution is -0.122. The van der Waals surface area contributed by atoms with Crippen LogP contribution in [0.1, 0.15) is 44.9 Å². The molecule has 0 rings (SSSR count). The Bertz CT molecular complexity index is 226. The number of hydrogen-bond acceptors (Lipinski definition) is 5. The monoisotopic (exact) mass is 287 g/mol. The molecule has 0 aliphatic rings. The van der Waals surface area contributed by atoms with Crippen LogP contribution in [-0.2, 0) is 4.79 Å². The van der Waals surface area contributed by atoms with Crippen molar-refractivity contribution >= 4 is 5.91 Å². The maximum atomic E-state index is 11.6. The van der Waals surface area contributed by atoms with Crippen LogP contribution in [0.2, 0.25) is 0 Å². The van der Waals surface area contributed by atoms with Crippen molar-refractivity contribution in [2.24, 2.45) is 17.2 Å². The predicted molar refractivity (Wildman–Crippen MR) is 84.3 cm³/mol. The summed E-state index contributed by atoms with van der Waals surface area (Å²) in [5, 5.41) is 6.24. The molecule has 0 unspecified atom stereocenters. The van der Waals surface area contributed by atoms with Crippen molar-refractivity contribution in [2.75, 3.05) is 32.7 Å². The van der Waals surface area contributed by atoms with Gasteiger partial charge < -0.3 is 27.8 Å². The van der Waals surface area contributed by atoms with Gasteiger partial charge in [-0.25, -0.2) is 0 Å². The zero-order chi connectivity index (χ0) is 15.1. The lowest BCUT2D eigenvalue weighted by Crippen LogP contribution is -2.41. The molecular weight excluding hydrogens is 254 g/mol. The standard InChI is InChI=1S/C14H33N5O/c15-8-2-1-7-13(17)14(20)19-12-6-5-11-18-10-4-3-9-16/h13,18H,1-12,15-17H2,(H,19,20)/t13-/m0/s1. The Labute approximate surface area is 123 Å². The van der Waals surface area contributed by atoms with E-state index in [-0.39, 0.29) is 5.91 Å². The summed E-state index contributed by atoms with van der Waals surface area (Å²) >= 11 is 0. The molecule has 6 nitrogen and oxygen atoms in total. The second-order valence-corrected chi connectivity index (χ2v) is 5.13. The van der Waals surface area contributed by atoms with E-state index in [0.717, 1.165) is 58.2 Å². The van der Waals surface area contributed by atoms with E-state index in [1.54, 1.807) is 0 Å². The number of carbonyl (C=O) groups excluding carboxylic acids is 1. The number of unbranched alkanes of at least 4 members (excludes halogenated alkanes) is 3. The third-order valence-electron chi connectivity index (χ3n) is 3.19. The van der Waals surface area contributed by atoms with Gasteiger partial charge in [-0.1, -0.05) is 6.42 Å². The minimum atomic E-state index is -0.393. The molecule has 0 aliphatic carbocycles. The maximum absolute atomic E-state index is 11.6. The normalized spacial score (nSPS) is 12.3. The fraction of sp³-hybridized carbons (Fsp3) is 0.929. The van der Waals surface area contributed by atoms with Crippen LogP contribution in [0.4, 0.5) is 0 Å². The Balaban J connectivity index is 3.30. The van der Waals surface area contributed by atoms with Gasteiger partial charge in [-0.15, -0.1) is 0 Å². The molecule has 0 aromatic rings. The molecule has 0 radical (unpaired) electrons. The quantitative estimate of drug-likeness (QED) is 0.280. The fourth-order valence-corrected chi connectivity index (χ4v) is 1.88. The molecule has 0 bridgehead atoms. The van der Waals surface area contributed by atoms with Gasteiger partial charge in [0.2, 0.25) is 5.91 Å². The van der Waals surface area contributed by atoms with Crippen molar-refractivity contribution in [2.45, 2.75) is 51.0 Å². The van der Waals surface area contributed by atoms with Crippen molar-refractivity contribution in [3.8, 4) is 0 Å². The van der Waals surface area contributed by atoms with Crippen molar-refractivity contribution in [3.63, 3.8) is 0 Å². The molecule has 0 saturated carbocycles. The number of hydrogen-bond donors (Lipinski definition) is 5. The number of carbonyl (C=O) groups is 1. The highest BCUT2D eigenvalue weighted by atomic mass is 16.2. The lowest BCUT2D eigenvalue weighted by atomic mass is 10.1. The molecule has 120 valence electrons.